The summed E-state index contributed by atoms with van der Waals surface area (Å²) in [4.78, 5) is 11.2. The van der Waals surface area contributed by atoms with Crippen molar-refractivity contribution in [3.05, 3.63) is 0 Å². The predicted octanol–water partition coefficient (Wildman–Crippen LogP) is 1.72. The molecule has 82 valence electrons. The quantitative estimate of drug-likeness (QED) is 0.736. The lowest BCUT2D eigenvalue weighted by Gasteiger charge is -2.29. The molecule has 0 spiro atoms. The van der Waals surface area contributed by atoms with E-state index in [1.165, 1.54) is 0 Å². The van der Waals surface area contributed by atoms with Crippen LogP contribution in [0.2, 0.25) is 0 Å². The van der Waals surface area contributed by atoms with Crippen LogP contribution in [0.3, 0.4) is 0 Å². The molecule has 0 aromatic heterocycles. The number of nitrogens with one attached hydrogen (secondary N) is 1. The van der Waals surface area contributed by atoms with Gasteiger partial charge in [0.05, 0.1) is 0 Å². The summed E-state index contributed by atoms with van der Waals surface area (Å²) in [6.07, 6.45) is 2.75. The third kappa shape index (κ3) is 2.42. The van der Waals surface area contributed by atoms with Crippen LogP contribution in [0, 0.1) is 0 Å². The second kappa shape index (κ2) is 5.03. The highest BCUT2D eigenvalue weighted by Gasteiger charge is 2.42. The number of thioether (sulfide) groups is 1. The van der Waals surface area contributed by atoms with Crippen molar-refractivity contribution < 1.29 is 9.90 Å². The van der Waals surface area contributed by atoms with Crippen LogP contribution >= 0.6 is 11.8 Å². The topological polar surface area (TPSA) is 49.3 Å². The summed E-state index contributed by atoms with van der Waals surface area (Å²) in [6.45, 7) is 4.19. The lowest BCUT2D eigenvalue weighted by molar-refractivity contribution is -0.144. The predicted molar refractivity (Wildman–Crippen MR) is 59.8 cm³/mol. The average molecular weight is 217 g/mol. The summed E-state index contributed by atoms with van der Waals surface area (Å²) >= 11 is 1.73. The van der Waals surface area contributed by atoms with Gasteiger partial charge in [-0.05, 0) is 25.0 Å². The summed E-state index contributed by atoms with van der Waals surface area (Å²) in [7, 11) is 0. The van der Waals surface area contributed by atoms with Crippen LogP contribution in [0.15, 0.2) is 0 Å². The minimum Gasteiger partial charge on any atom is -0.480 e. The molecule has 1 fully saturated rings. The van der Waals surface area contributed by atoms with Gasteiger partial charge in [0, 0.05) is 11.8 Å². The Morgan fingerprint density at radius 2 is 2.21 bits per heavy atom. The Hall–Kier alpha value is -0.220. The fourth-order valence-corrected chi connectivity index (χ4v) is 3.13. The zero-order chi connectivity index (χ0) is 10.6. The summed E-state index contributed by atoms with van der Waals surface area (Å²) in [5, 5.41) is 12.5. The molecule has 0 saturated carbocycles. The van der Waals surface area contributed by atoms with Gasteiger partial charge in [-0.3, -0.25) is 10.1 Å². The maximum absolute atomic E-state index is 11.2. The van der Waals surface area contributed by atoms with E-state index in [2.05, 4.69) is 19.2 Å². The van der Waals surface area contributed by atoms with Crippen molar-refractivity contribution in [3.63, 3.8) is 0 Å². The molecule has 1 atom stereocenters. The molecule has 1 heterocycles. The van der Waals surface area contributed by atoms with Crippen LogP contribution in [-0.4, -0.2) is 34.2 Å². The van der Waals surface area contributed by atoms with Crippen molar-refractivity contribution in [2.45, 2.75) is 44.7 Å². The molecule has 0 aromatic carbocycles. The van der Waals surface area contributed by atoms with E-state index in [4.69, 9.17) is 0 Å². The molecule has 1 unspecified atom stereocenters. The second-order valence-corrected chi connectivity index (χ2v) is 4.95. The SMILES string of the molecule is CCC(CC)NC1(C(=O)O)CCSC1. The van der Waals surface area contributed by atoms with Gasteiger partial charge < -0.3 is 5.11 Å². The van der Waals surface area contributed by atoms with Gasteiger partial charge in [-0.1, -0.05) is 13.8 Å². The van der Waals surface area contributed by atoms with Crippen molar-refractivity contribution in [1.29, 1.82) is 0 Å². The minimum absolute atomic E-state index is 0.338. The summed E-state index contributed by atoms with van der Waals surface area (Å²) in [6, 6.07) is 0.338. The molecule has 2 N–H and O–H groups in total. The summed E-state index contributed by atoms with van der Waals surface area (Å²) < 4.78 is 0. The minimum atomic E-state index is -0.686. The average Bonchev–Trinajstić information content (AvgIpc) is 2.64. The Bertz CT molecular complexity index is 198. The zero-order valence-corrected chi connectivity index (χ0v) is 9.69. The molecular formula is C10H19NO2S. The van der Waals surface area contributed by atoms with Crippen LogP contribution in [0.4, 0.5) is 0 Å². The van der Waals surface area contributed by atoms with E-state index in [0.29, 0.717) is 11.8 Å². The van der Waals surface area contributed by atoms with E-state index in [9.17, 15) is 9.90 Å². The van der Waals surface area contributed by atoms with Gasteiger partial charge in [-0.2, -0.15) is 11.8 Å². The third-order valence-corrected chi connectivity index (χ3v) is 4.09. The monoisotopic (exact) mass is 217 g/mol. The van der Waals surface area contributed by atoms with Crippen LogP contribution in [0.5, 0.6) is 0 Å². The van der Waals surface area contributed by atoms with E-state index in [0.717, 1.165) is 25.0 Å². The zero-order valence-electron chi connectivity index (χ0n) is 8.88. The second-order valence-electron chi connectivity index (χ2n) is 3.85. The van der Waals surface area contributed by atoms with Gasteiger partial charge in [0.2, 0.25) is 0 Å². The maximum atomic E-state index is 11.2. The molecular weight excluding hydrogens is 198 g/mol. The van der Waals surface area contributed by atoms with Gasteiger partial charge in [-0.25, -0.2) is 0 Å². The molecule has 0 amide bonds. The first-order chi connectivity index (χ1) is 6.64. The highest BCUT2D eigenvalue weighted by Crippen LogP contribution is 2.29. The molecule has 4 heteroatoms. The van der Waals surface area contributed by atoms with Gasteiger partial charge in [0.15, 0.2) is 0 Å². The van der Waals surface area contributed by atoms with E-state index in [-0.39, 0.29) is 0 Å². The number of carbonyl (C=O) groups is 1. The molecule has 14 heavy (non-hydrogen) atoms. The molecule has 0 aliphatic carbocycles. The Labute approximate surface area is 89.6 Å². The molecule has 1 saturated heterocycles. The number of hydrogen-bond acceptors (Lipinski definition) is 3. The van der Waals surface area contributed by atoms with Crippen molar-refractivity contribution in [3.8, 4) is 0 Å². The van der Waals surface area contributed by atoms with E-state index < -0.39 is 11.5 Å². The van der Waals surface area contributed by atoms with Crippen LogP contribution in [-0.2, 0) is 4.79 Å². The fraction of sp³-hybridized carbons (Fsp3) is 0.900. The molecule has 1 rings (SSSR count). The molecule has 3 nitrogen and oxygen atoms in total. The van der Waals surface area contributed by atoms with Crippen LogP contribution < -0.4 is 5.32 Å². The highest BCUT2D eigenvalue weighted by atomic mass is 32.2. The number of carboxylic acid groups (broad SMARTS) is 1. The van der Waals surface area contributed by atoms with E-state index >= 15 is 0 Å². The molecule has 0 bridgehead atoms. The standard InChI is InChI=1S/C10H19NO2S/c1-3-8(4-2)11-10(9(12)13)5-6-14-7-10/h8,11H,3-7H2,1-2H3,(H,12,13). The van der Waals surface area contributed by atoms with Gasteiger partial charge >= 0.3 is 5.97 Å². The lowest BCUT2D eigenvalue weighted by atomic mass is 9.96. The van der Waals surface area contributed by atoms with Gasteiger partial charge in [-0.15, -0.1) is 0 Å². The van der Waals surface area contributed by atoms with Crippen LogP contribution in [0.1, 0.15) is 33.1 Å². The Balaban J connectivity index is 2.64. The number of hydrogen-bond donors (Lipinski definition) is 2. The first kappa shape index (κ1) is 11.9. The number of rotatable bonds is 5. The smallest absolute Gasteiger partial charge is 0.324 e. The van der Waals surface area contributed by atoms with Crippen LogP contribution in [0.25, 0.3) is 0 Å². The number of carboxylic acids is 1. The largest absolute Gasteiger partial charge is 0.480 e. The normalized spacial score (nSPS) is 27.1. The molecule has 1 aliphatic rings. The first-order valence-corrected chi connectivity index (χ1v) is 6.39. The molecule has 0 aromatic rings. The molecule has 0 radical (unpaired) electrons. The first-order valence-electron chi connectivity index (χ1n) is 5.23. The number of aliphatic carboxylic acids is 1. The Kier molecular flexibility index (Phi) is 4.26. The van der Waals surface area contributed by atoms with Gasteiger partial charge in [0.1, 0.15) is 5.54 Å². The van der Waals surface area contributed by atoms with Crippen molar-refractivity contribution in [2.75, 3.05) is 11.5 Å². The van der Waals surface area contributed by atoms with Crippen molar-refractivity contribution in [2.24, 2.45) is 0 Å². The third-order valence-electron chi connectivity index (χ3n) is 2.90. The lowest BCUT2D eigenvalue weighted by Crippen LogP contribution is -2.56. The van der Waals surface area contributed by atoms with Gasteiger partial charge in [0.25, 0.3) is 0 Å². The maximum Gasteiger partial charge on any atom is 0.324 e. The fourth-order valence-electron chi connectivity index (χ4n) is 1.79. The van der Waals surface area contributed by atoms with E-state index in [1.54, 1.807) is 11.8 Å². The Morgan fingerprint density at radius 1 is 1.57 bits per heavy atom. The molecule has 1 aliphatic heterocycles. The summed E-state index contributed by atoms with van der Waals surface area (Å²) in [5.41, 5.74) is -0.651. The Morgan fingerprint density at radius 3 is 2.57 bits per heavy atom. The van der Waals surface area contributed by atoms with Crippen molar-refractivity contribution >= 4 is 17.7 Å². The van der Waals surface area contributed by atoms with Crippen molar-refractivity contribution in [1.82, 2.24) is 5.32 Å². The van der Waals surface area contributed by atoms with E-state index in [1.807, 2.05) is 0 Å². The summed E-state index contributed by atoms with van der Waals surface area (Å²) in [5.74, 6) is 0.979. The highest BCUT2D eigenvalue weighted by molar-refractivity contribution is 7.99.